The van der Waals surface area contributed by atoms with Crippen LogP contribution in [0, 0.1) is 5.82 Å². The number of hydrogen-bond donors (Lipinski definition) is 1. The van der Waals surface area contributed by atoms with Gasteiger partial charge in [-0.1, -0.05) is 12.1 Å². The van der Waals surface area contributed by atoms with Crippen molar-refractivity contribution in [3.63, 3.8) is 0 Å². The van der Waals surface area contributed by atoms with Gasteiger partial charge < -0.3 is 0 Å². The number of hydrogen-bond acceptors (Lipinski definition) is 3. The fourth-order valence-electron chi connectivity index (χ4n) is 1.09. The fourth-order valence-corrected chi connectivity index (χ4v) is 1.09. The number of fused-ring (bicyclic) bond motifs is 1. The lowest BCUT2D eigenvalue weighted by molar-refractivity contribution is -0.0338. The molecule has 0 unspecified atom stereocenters. The summed E-state index contributed by atoms with van der Waals surface area (Å²) in [6.07, 6.45) is 0. The number of rotatable bonds is 0. The largest absolute Gasteiger partial charge is 0.264 e. The molecule has 1 heterocycles. The van der Waals surface area contributed by atoms with Crippen molar-refractivity contribution in [1.29, 1.82) is 0 Å². The lowest BCUT2D eigenvalue weighted by Gasteiger charge is -2.06. The second kappa shape index (κ2) is 2.18. The molecule has 0 fully saturated rings. The third-order valence-corrected chi connectivity index (χ3v) is 1.60. The Labute approximate surface area is 62.5 Å². The zero-order valence-corrected chi connectivity index (χ0v) is 5.62. The molecule has 0 saturated heterocycles. The summed E-state index contributed by atoms with van der Waals surface area (Å²) in [5.41, 5.74) is 0.778. The predicted octanol–water partition coefficient (Wildman–Crippen LogP) is 1.47. The molecule has 0 spiro atoms. The van der Waals surface area contributed by atoms with E-state index in [1.165, 1.54) is 6.07 Å². The maximum atomic E-state index is 12.9. The van der Waals surface area contributed by atoms with Gasteiger partial charge in [-0.3, -0.25) is 5.21 Å². The number of anilines is 1. The third-order valence-electron chi connectivity index (χ3n) is 1.60. The van der Waals surface area contributed by atoms with E-state index in [0.717, 1.165) is 0 Å². The molecule has 1 N–H and O–H groups in total. The highest BCUT2D eigenvalue weighted by atomic mass is 19.1. The zero-order valence-electron chi connectivity index (χ0n) is 5.62. The summed E-state index contributed by atoms with van der Waals surface area (Å²) in [6.45, 7) is 0.226. The van der Waals surface area contributed by atoms with Gasteiger partial charge in [-0.15, -0.1) is 5.23 Å². The summed E-state index contributed by atoms with van der Waals surface area (Å²) in [4.78, 5) is 4.65. The summed E-state index contributed by atoms with van der Waals surface area (Å²) >= 11 is 0. The van der Waals surface area contributed by atoms with Gasteiger partial charge >= 0.3 is 0 Å². The third kappa shape index (κ3) is 0.875. The van der Waals surface area contributed by atoms with Gasteiger partial charge in [0.1, 0.15) is 12.3 Å². The fraction of sp³-hybridized carbons (Fsp3) is 0.143. The molecule has 0 bridgehead atoms. The first-order valence-corrected chi connectivity index (χ1v) is 3.18. The molecule has 0 aliphatic carbocycles. The van der Waals surface area contributed by atoms with E-state index < -0.39 is 5.82 Å². The van der Waals surface area contributed by atoms with Crippen LogP contribution in [0.25, 0.3) is 0 Å². The van der Waals surface area contributed by atoms with Gasteiger partial charge in [0.25, 0.3) is 0 Å². The van der Waals surface area contributed by atoms with Gasteiger partial charge in [0.15, 0.2) is 5.82 Å². The Morgan fingerprint density at radius 1 is 1.55 bits per heavy atom. The van der Waals surface area contributed by atoms with Gasteiger partial charge in [0.2, 0.25) is 0 Å². The van der Waals surface area contributed by atoms with E-state index in [0.29, 0.717) is 10.8 Å². The highest BCUT2D eigenvalue weighted by Gasteiger charge is 2.21. The summed E-state index contributed by atoms with van der Waals surface area (Å²) in [7, 11) is 0. The average molecular weight is 155 g/mol. The Morgan fingerprint density at radius 3 is 3.09 bits per heavy atom. The predicted molar refractivity (Wildman–Crippen MR) is 35.5 cm³/mol. The Bertz CT molecular complexity index is 290. The normalized spacial score (nSPS) is 15.3. The number of para-hydroxylation sites is 1. The van der Waals surface area contributed by atoms with E-state index in [9.17, 15) is 4.39 Å². The van der Waals surface area contributed by atoms with E-state index >= 15 is 0 Å². The summed E-state index contributed by atoms with van der Waals surface area (Å²) in [5.74, 6) is -0.470. The molecule has 1 aliphatic heterocycles. The van der Waals surface area contributed by atoms with Crippen LogP contribution in [0.15, 0.2) is 18.2 Å². The Hall–Kier alpha value is -1.13. The lowest BCUT2D eigenvalue weighted by Crippen LogP contribution is -2.12. The first kappa shape index (κ1) is 6.57. The van der Waals surface area contributed by atoms with Crippen LogP contribution in [0.2, 0.25) is 0 Å². The van der Waals surface area contributed by atoms with E-state index in [-0.39, 0.29) is 12.3 Å². The molecule has 1 aliphatic rings. The van der Waals surface area contributed by atoms with Crippen molar-refractivity contribution in [2.45, 2.75) is 6.61 Å². The topological polar surface area (TPSA) is 32.7 Å². The van der Waals surface area contributed by atoms with Crippen LogP contribution in [0.3, 0.4) is 0 Å². The van der Waals surface area contributed by atoms with E-state index in [1.54, 1.807) is 12.1 Å². The van der Waals surface area contributed by atoms with E-state index in [2.05, 4.69) is 4.84 Å². The molecular formula is C7H6FNO2. The molecule has 58 valence electrons. The highest BCUT2D eigenvalue weighted by molar-refractivity contribution is 5.52. The van der Waals surface area contributed by atoms with Crippen molar-refractivity contribution in [2.75, 3.05) is 5.23 Å². The Kier molecular flexibility index (Phi) is 1.30. The number of nitrogens with zero attached hydrogens (tertiary/aromatic N) is 1. The quantitative estimate of drug-likeness (QED) is 0.615. The standard InChI is InChI=1S/C7H6FNO2/c8-6-3-1-2-5-4-11-9(10)7(5)6/h1-3,10H,4H2. The van der Waals surface area contributed by atoms with Crippen LogP contribution in [-0.2, 0) is 11.4 Å². The van der Waals surface area contributed by atoms with Gasteiger partial charge in [0, 0.05) is 5.56 Å². The Morgan fingerprint density at radius 2 is 2.36 bits per heavy atom. The molecule has 4 heteroatoms. The van der Waals surface area contributed by atoms with Gasteiger partial charge in [-0.05, 0) is 6.07 Å². The first-order chi connectivity index (χ1) is 5.29. The minimum absolute atomic E-state index is 0.118. The molecule has 1 aromatic rings. The molecule has 2 rings (SSSR count). The van der Waals surface area contributed by atoms with Gasteiger partial charge in [-0.2, -0.15) is 0 Å². The zero-order chi connectivity index (χ0) is 7.84. The van der Waals surface area contributed by atoms with Crippen LogP contribution >= 0.6 is 0 Å². The van der Waals surface area contributed by atoms with Crippen molar-refractivity contribution in [1.82, 2.24) is 0 Å². The number of halogens is 1. The van der Waals surface area contributed by atoms with Crippen LogP contribution in [0.5, 0.6) is 0 Å². The van der Waals surface area contributed by atoms with Crippen molar-refractivity contribution < 1.29 is 14.4 Å². The minimum atomic E-state index is -0.470. The second-order valence-electron chi connectivity index (χ2n) is 2.29. The summed E-state index contributed by atoms with van der Waals surface area (Å²) in [5, 5.41) is 9.40. The smallest absolute Gasteiger partial charge is 0.151 e. The van der Waals surface area contributed by atoms with Crippen LogP contribution in [-0.4, -0.2) is 5.21 Å². The maximum absolute atomic E-state index is 12.9. The second-order valence-corrected chi connectivity index (χ2v) is 2.29. The highest BCUT2D eigenvalue weighted by Crippen LogP contribution is 2.29. The van der Waals surface area contributed by atoms with Crippen LogP contribution in [0.1, 0.15) is 5.56 Å². The van der Waals surface area contributed by atoms with E-state index in [4.69, 9.17) is 5.21 Å². The Balaban J connectivity index is 2.58. The van der Waals surface area contributed by atoms with Crippen molar-refractivity contribution >= 4 is 5.69 Å². The molecule has 3 nitrogen and oxygen atoms in total. The number of benzene rings is 1. The molecule has 0 radical (unpaired) electrons. The molecular weight excluding hydrogens is 149 g/mol. The van der Waals surface area contributed by atoms with E-state index in [1.807, 2.05) is 0 Å². The molecule has 0 atom stereocenters. The summed E-state index contributed by atoms with van der Waals surface area (Å²) in [6, 6.07) is 4.56. The maximum Gasteiger partial charge on any atom is 0.151 e. The molecule has 1 aromatic carbocycles. The minimum Gasteiger partial charge on any atom is -0.264 e. The molecule has 0 amide bonds. The van der Waals surface area contributed by atoms with Crippen molar-refractivity contribution in [3.05, 3.63) is 29.6 Å². The monoisotopic (exact) mass is 155 g/mol. The first-order valence-electron chi connectivity index (χ1n) is 3.18. The lowest BCUT2D eigenvalue weighted by atomic mass is 10.2. The van der Waals surface area contributed by atoms with Gasteiger partial charge in [-0.25, -0.2) is 9.23 Å². The van der Waals surface area contributed by atoms with Crippen molar-refractivity contribution in [3.8, 4) is 0 Å². The van der Waals surface area contributed by atoms with Crippen LogP contribution in [0.4, 0.5) is 10.1 Å². The average Bonchev–Trinajstić information content (AvgIpc) is 2.34. The van der Waals surface area contributed by atoms with Crippen molar-refractivity contribution in [2.24, 2.45) is 0 Å². The summed E-state index contributed by atoms with van der Waals surface area (Å²) < 4.78 is 12.9. The molecule has 11 heavy (non-hydrogen) atoms. The van der Waals surface area contributed by atoms with Crippen LogP contribution < -0.4 is 5.23 Å². The van der Waals surface area contributed by atoms with Gasteiger partial charge in [0.05, 0.1) is 0 Å². The molecule has 0 aromatic heterocycles. The molecule has 0 saturated carbocycles. The SMILES string of the molecule is ON1OCc2cccc(F)c21.